The standard InChI is InChI=1S/C22H24N6O3/c1-3-25(4-2)15-27-21(29)14-26-19-11-10-17(28(30)31)12-18(19)22(23-13-20(26)24-27)16-8-6-5-7-9-16/h5-12H,3-4,13-15H2,1-2H3. The van der Waals surface area contributed by atoms with Crippen molar-refractivity contribution in [2.24, 2.45) is 10.1 Å². The molecule has 4 rings (SSSR count). The molecule has 0 aliphatic carbocycles. The first-order chi connectivity index (χ1) is 15.0. The molecule has 2 aromatic carbocycles. The van der Waals surface area contributed by atoms with Gasteiger partial charge in [-0.3, -0.25) is 24.8 Å². The summed E-state index contributed by atoms with van der Waals surface area (Å²) >= 11 is 0. The number of benzene rings is 2. The summed E-state index contributed by atoms with van der Waals surface area (Å²) in [6, 6.07) is 14.2. The maximum atomic E-state index is 12.9. The second-order valence-corrected chi connectivity index (χ2v) is 7.33. The number of hydrazone groups is 1. The van der Waals surface area contributed by atoms with Gasteiger partial charge < -0.3 is 4.90 Å². The summed E-state index contributed by atoms with van der Waals surface area (Å²) in [4.78, 5) is 32.6. The lowest BCUT2D eigenvalue weighted by Crippen LogP contribution is -2.51. The first-order valence-electron chi connectivity index (χ1n) is 10.3. The molecule has 0 aromatic heterocycles. The molecule has 0 fully saturated rings. The van der Waals surface area contributed by atoms with Crippen molar-refractivity contribution in [2.45, 2.75) is 13.8 Å². The minimum Gasteiger partial charge on any atom is -0.317 e. The first kappa shape index (κ1) is 20.7. The molecule has 0 saturated carbocycles. The molecule has 0 saturated heterocycles. The number of amidine groups is 1. The van der Waals surface area contributed by atoms with Gasteiger partial charge in [0.25, 0.3) is 11.6 Å². The Kier molecular flexibility index (Phi) is 5.77. The Hall–Kier alpha value is -3.59. The maximum absolute atomic E-state index is 12.9. The van der Waals surface area contributed by atoms with E-state index < -0.39 is 4.92 Å². The van der Waals surface area contributed by atoms with Gasteiger partial charge in [-0.25, -0.2) is 5.01 Å². The van der Waals surface area contributed by atoms with E-state index in [9.17, 15) is 14.9 Å². The van der Waals surface area contributed by atoms with E-state index in [0.29, 0.717) is 29.5 Å². The van der Waals surface area contributed by atoms with Crippen molar-refractivity contribution in [3.63, 3.8) is 0 Å². The van der Waals surface area contributed by atoms with Crippen LogP contribution in [-0.4, -0.2) is 65.1 Å². The normalized spacial score (nSPS) is 15.8. The van der Waals surface area contributed by atoms with Crippen LogP contribution in [0, 0.1) is 10.1 Å². The molecule has 0 bridgehead atoms. The van der Waals surface area contributed by atoms with Crippen LogP contribution in [0.5, 0.6) is 0 Å². The Morgan fingerprint density at radius 2 is 1.87 bits per heavy atom. The van der Waals surface area contributed by atoms with Gasteiger partial charge >= 0.3 is 0 Å². The van der Waals surface area contributed by atoms with Gasteiger partial charge in [0.15, 0.2) is 5.84 Å². The Morgan fingerprint density at radius 3 is 2.55 bits per heavy atom. The number of rotatable bonds is 6. The van der Waals surface area contributed by atoms with Gasteiger partial charge in [-0.15, -0.1) is 0 Å². The number of amides is 1. The molecule has 9 nitrogen and oxygen atoms in total. The minimum atomic E-state index is -0.421. The molecular weight excluding hydrogens is 396 g/mol. The number of carbonyl (C=O) groups excluding carboxylic acids is 1. The number of carbonyl (C=O) groups is 1. The average molecular weight is 420 g/mol. The number of nitrogens with zero attached hydrogens (tertiary/aromatic N) is 6. The highest BCUT2D eigenvalue weighted by atomic mass is 16.6. The zero-order valence-electron chi connectivity index (χ0n) is 17.6. The lowest BCUT2D eigenvalue weighted by Gasteiger charge is -2.34. The summed E-state index contributed by atoms with van der Waals surface area (Å²) in [5.41, 5.74) is 2.81. The minimum absolute atomic E-state index is 0.0192. The van der Waals surface area contributed by atoms with Crippen LogP contribution in [0.2, 0.25) is 0 Å². The number of fused-ring (bicyclic) bond motifs is 3. The van der Waals surface area contributed by atoms with Crippen molar-refractivity contribution in [2.75, 3.05) is 37.7 Å². The van der Waals surface area contributed by atoms with Crippen molar-refractivity contribution in [1.29, 1.82) is 0 Å². The van der Waals surface area contributed by atoms with E-state index in [2.05, 4.69) is 10.0 Å². The molecule has 2 aliphatic heterocycles. The van der Waals surface area contributed by atoms with Crippen molar-refractivity contribution in [3.8, 4) is 0 Å². The van der Waals surface area contributed by atoms with Gasteiger partial charge in [0, 0.05) is 23.3 Å². The van der Waals surface area contributed by atoms with Crippen LogP contribution in [0.25, 0.3) is 0 Å². The third kappa shape index (κ3) is 4.04. The molecular formula is C22H24N6O3. The van der Waals surface area contributed by atoms with Crippen LogP contribution >= 0.6 is 0 Å². The number of anilines is 1. The monoisotopic (exact) mass is 420 g/mol. The third-order valence-electron chi connectivity index (χ3n) is 5.52. The average Bonchev–Trinajstić information content (AvgIpc) is 2.94. The van der Waals surface area contributed by atoms with Gasteiger partial charge in [0.05, 0.1) is 29.5 Å². The summed E-state index contributed by atoms with van der Waals surface area (Å²) < 4.78 is 0. The number of nitro groups is 1. The smallest absolute Gasteiger partial charge is 0.270 e. The van der Waals surface area contributed by atoms with Crippen LogP contribution in [-0.2, 0) is 4.79 Å². The predicted molar refractivity (Wildman–Crippen MR) is 119 cm³/mol. The molecule has 0 N–H and O–H groups in total. The van der Waals surface area contributed by atoms with E-state index in [1.807, 2.05) is 49.1 Å². The summed E-state index contributed by atoms with van der Waals surface area (Å²) in [6.07, 6.45) is 0. The van der Waals surface area contributed by atoms with Gasteiger partial charge in [-0.05, 0) is 19.2 Å². The Bertz CT molecular complexity index is 1060. The SMILES string of the molecule is CCN(CC)CN1N=C2CN=C(c3ccccc3)c3cc([N+](=O)[O-])ccc3N2CC1=O. The maximum Gasteiger partial charge on any atom is 0.270 e. The van der Waals surface area contributed by atoms with Crippen molar-refractivity contribution < 1.29 is 9.72 Å². The lowest BCUT2D eigenvalue weighted by molar-refractivity contribution is -0.384. The fourth-order valence-electron chi connectivity index (χ4n) is 3.76. The highest BCUT2D eigenvalue weighted by Gasteiger charge is 2.33. The van der Waals surface area contributed by atoms with E-state index in [0.717, 1.165) is 18.7 Å². The van der Waals surface area contributed by atoms with Crippen LogP contribution in [0.15, 0.2) is 58.6 Å². The number of hydrogen-bond donors (Lipinski definition) is 0. The first-order valence-corrected chi connectivity index (χ1v) is 10.3. The van der Waals surface area contributed by atoms with Crippen LogP contribution in [0.1, 0.15) is 25.0 Å². The van der Waals surface area contributed by atoms with E-state index in [4.69, 9.17) is 4.99 Å². The summed E-state index contributed by atoms with van der Waals surface area (Å²) in [6.45, 7) is 6.53. The van der Waals surface area contributed by atoms with E-state index >= 15 is 0 Å². The molecule has 31 heavy (non-hydrogen) atoms. The van der Waals surface area contributed by atoms with Crippen LogP contribution in [0.4, 0.5) is 11.4 Å². The molecule has 0 atom stereocenters. The highest BCUT2D eigenvalue weighted by molar-refractivity contribution is 6.21. The predicted octanol–water partition coefficient (Wildman–Crippen LogP) is 2.71. The molecule has 2 aliphatic rings. The molecule has 0 unspecified atom stereocenters. The highest BCUT2D eigenvalue weighted by Crippen LogP contribution is 2.31. The molecule has 1 amide bonds. The van der Waals surface area contributed by atoms with Crippen molar-refractivity contribution in [1.82, 2.24) is 9.91 Å². The van der Waals surface area contributed by atoms with Gasteiger partial charge in [0.2, 0.25) is 0 Å². The largest absolute Gasteiger partial charge is 0.317 e. The molecule has 160 valence electrons. The second-order valence-electron chi connectivity index (χ2n) is 7.33. The number of hydrogen-bond acceptors (Lipinski definition) is 7. The van der Waals surface area contributed by atoms with Gasteiger partial charge in [0.1, 0.15) is 6.54 Å². The second kappa shape index (κ2) is 8.65. The Labute approximate surface area is 180 Å². The van der Waals surface area contributed by atoms with E-state index in [-0.39, 0.29) is 24.7 Å². The molecule has 2 aromatic rings. The lowest BCUT2D eigenvalue weighted by atomic mass is 9.99. The quantitative estimate of drug-likeness (QED) is 0.529. The fourth-order valence-corrected chi connectivity index (χ4v) is 3.76. The molecule has 0 radical (unpaired) electrons. The molecule has 9 heteroatoms. The van der Waals surface area contributed by atoms with Gasteiger partial charge in [-0.2, -0.15) is 5.10 Å². The molecule has 0 spiro atoms. The molecule has 2 heterocycles. The van der Waals surface area contributed by atoms with E-state index in [1.165, 1.54) is 17.1 Å². The summed E-state index contributed by atoms with van der Waals surface area (Å²) in [5, 5.41) is 17.5. The van der Waals surface area contributed by atoms with Crippen LogP contribution < -0.4 is 4.90 Å². The number of non-ortho nitro benzene ring substituents is 1. The van der Waals surface area contributed by atoms with Crippen molar-refractivity contribution in [3.05, 3.63) is 69.8 Å². The third-order valence-corrected chi connectivity index (χ3v) is 5.52. The van der Waals surface area contributed by atoms with E-state index in [1.54, 1.807) is 6.07 Å². The Balaban J connectivity index is 1.81. The van der Waals surface area contributed by atoms with Gasteiger partial charge in [-0.1, -0.05) is 44.2 Å². The zero-order chi connectivity index (χ0) is 22.0. The zero-order valence-corrected chi connectivity index (χ0v) is 17.6. The topological polar surface area (TPSA) is 94.7 Å². The Morgan fingerprint density at radius 1 is 1.13 bits per heavy atom. The fraction of sp³-hybridized carbons (Fsp3) is 0.318. The summed E-state index contributed by atoms with van der Waals surface area (Å²) in [7, 11) is 0. The van der Waals surface area contributed by atoms with Crippen molar-refractivity contribution >= 4 is 28.8 Å². The summed E-state index contributed by atoms with van der Waals surface area (Å²) in [5.74, 6) is 0.524. The van der Waals surface area contributed by atoms with Crippen LogP contribution in [0.3, 0.4) is 0 Å². The number of aliphatic imine (C=N–C) groups is 1. The number of nitro benzene ring substituents is 1.